The standard InChI is InChI=1S/C10H11O3.CH2.3W/c1-5-13-9(4)10(12)7(2)6-8(3)11;;;;/h3-5,9H,1,6H2,2H3;1H2;;;/q-1;;;;. The molecule has 0 aromatic carbocycles. The number of rotatable bonds is 8. The van der Waals surface area contributed by atoms with Gasteiger partial charge < -0.3 is 0 Å². The number of ether oxygens (including phenoxy) is 1. The van der Waals surface area contributed by atoms with Crippen LogP contribution in [0.2, 0.25) is 0 Å². The SMILES string of the molecule is C=COC([CH]=[W])C(=O)[C-](C)CC(=O)[CH]=[W].[CH2]=[W]. The summed E-state index contributed by atoms with van der Waals surface area (Å²) in [5.41, 5.74) is 0. The van der Waals surface area contributed by atoms with Crippen LogP contribution in [0.3, 0.4) is 0 Å². The summed E-state index contributed by atoms with van der Waals surface area (Å²) in [5.74, 6) is 0.369. The first-order valence-electron chi connectivity index (χ1n) is 4.42. The van der Waals surface area contributed by atoms with Crippen LogP contribution in [0, 0.1) is 5.92 Å². The molecule has 0 bridgehead atoms. The fourth-order valence-corrected chi connectivity index (χ4v) is 1.87. The molecule has 0 spiro atoms. The van der Waals surface area contributed by atoms with E-state index in [4.69, 9.17) is 4.74 Å². The first-order chi connectivity index (χ1) is 8.06. The zero-order valence-electron chi connectivity index (χ0n) is 9.38. The summed E-state index contributed by atoms with van der Waals surface area (Å²) in [6, 6.07) is 0. The van der Waals surface area contributed by atoms with Gasteiger partial charge >= 0.3 is 136 Å². The molecule has 0 N–H and O–H groups in total. The van der Waals surface area contributed by atoms with E-state index in [1.54, 1.807) is 15.7 Å². The summed E-state index contributed by atoms with van der Waals surface area (Å²) in [4.78, 5) is 26.2. The van der Waals surface area contributed by atoms with Gasteiger partial charge in [0.1, 0.15) is 0 Å². The van der Waals surface area contributed by atoms with Crippen molar-refractivity contribution in [3.8, 4) is 0 Å². The molecule has 0 aromatic rings. The maximum atomic E-state index is 11.7. The average molecular weight is 745 g/mol. The predicted molar refractivity (Wildman–Crippen MR) is 57.9 cm³/mol. The van der Waals surface area contributed by atoms with E-state index in [2.05, 4.69) is 11.5 Å². The Labute approximate surface area is 135 Å². The second-order valence-electron chi connectivity index (χ2n) is 2.76. The zero-order chi connectivity index (χ0) is 13.8. The van der Waals surface area contributed by atoms with Crippen LogP contribution in [-0.4, -0.2) is 31.4 Å². The average Bonchev–Trinajstić information content (AvgIpc) is 2.37. The molecular weight excluding hydrogens is 732 g/mol. The summed E-state index contributed by atoms with van der Waals surface area (Å²) in [7, 11) is 0. The molecule has 3 nitrogen and oxygen atoms in total. The van der Waals surface area contributed by atoms with Crippen molar-refractivity contribution >= 4 is 25.3 Å². The number of ketones is 2. The van der Waals surface area contributed by atoms with Crippen molar-refractivity contribution in [1.82, 2.24) is 0 Å². The van der Waals surface area contributed by atoms with E-state index in [9.17, 15) is 9.59 Å². The molecule has 0 aromatic heterocycles. The molecule has 94 valence electrons. The van der Waals surface area contributed by atoms with Crippen molar-refractivity contribution in [1.29, 1.82) is 0 Å². The molecule has 0 saturated carbocycles. The first-order valence-corrected chi connectivity index (χ1v) is 9.88. The summed E-state index contributed by atoms with van der Waals surface area (Å²) in [5, 5.41) is 0. The molecule has 0 aliphatic rings. The maximum absolute atomic E-state index is 11.7. The van der Waals surface area contributed by atoms with Gasteiger partial charge in [0.25, 0.3) is 0 Å². The third kappa shape index (κ3) is 9.06. The number of hydrogen-bond donors (Lipinski definition) is 0. The van der Waals surface area contributed by atoms with Gasteiger partial charge in [-0.1, -0.05) is 0 Å². The number of Topliss-reactive ketones (excluding diaryl/α,β-unsaturated/α-hetero) is 2. The summed E-state index contributed by atoms with van der Waals surface area (Å²) in [6.45, 7) is 5.07. The third-order valence-corrected chi connectivity index (χ3v) is 3.45. The molecule has 0 aliphatic carbocycles. The van der Waals surface area contributed by atoms with E-state index in [1.165, 1.54) is 25.6 Å². The second-order valence-corrected chi connectivity index (χ2v) is 4.59. The molecule has 6 heteroatoms. The van der Waals surface area contributed by atoms with Gasteiger partial charge in [-0.15, -0.1) is 0 Å². The molecule has 0 amide bonds. The topological polar surface area (TPSA) is 43.4 Å². The molecule has 0 fully saturated rings. The molecule has 0 radical (unpaired) electrons. The van der Waals surface area contributed by atoms with Gasteiger partial charge in [-0.3, -0.25) is 0 Å². The molecular formula is C11H13O3W3-. The van der Waals surface area contributed by atoms with Crippen LogP contribution in [0.5, 0.6) is 0 Å². The summed E-state index contributed by atoms with van der Waals surface area (Å²) >= 11 is 3.58. The van der Waals surface area contributed by atoms with Crippen molar-refractivity contribution in [2.24, 2.45) is 0 Å². The van der Waals surface area contributed by atoms with Crippen molar-refractivity contribution in [3.05, 3.63) is 18.8 Å². The Morgan fingerprint density at radius 1 is 1.41 bits per heavy atom. The van der Waals surface area contributed by atoms with Crippen LogP contribution in [0.15, 0.2) is 12.8 Å². The van der Waals surface area contributed by atoms with Gasteiger partial charge in [0, 0.05) is 0 Å². The third-order valence-electron chi connectivity index (χ3n) is 1.62. The van der Waals surface area contributed by atoms with E-state index in [0.29, 0.717) is 5.92 Å². The Hall–Kier alpha value is 0.425. The Bertz CT molecular complexity index is 302. The summed E-state index contributed by atoms with van der Waals surface area (Å²) in [6.07, 6.45) is 0.838. The molecule has 0 saturated heterocycles. The predicted octanol–water partition coefficient (Wildman–Crippen LogP) is 0.301. The molecule has 0 heterocycles. The molecule has 0 rings (SSSR count). The molecule has 0 aliphatic heterocycles. The fourth-order valence-electron chi connectivity index (χ4n) is 0.892. The van der Waals surface area contributed by atoms with Gasteiger partial charge in [-0.25, -0.2) is 0 Å². The molecule has 1 atom stereocenters. The fraction of sp³-hybridized carbons (Fsp3) is 0.273. The van der Waals surface area contributed by atoms with E-state index in [1.807, 2.05) is 0 Å². The van der Waals surface area contributed by atoms with Crippen molar-refractivity contribution < 1.29 is 72.4 Å². The molecule has 17 heavy (non-hydrogen) atoms. The second kappa shape index (κ2) is 12.9. The normalized spacial score (nSPS) is 9.94. The van der Waals surface area contributed by atoms with Gasteiger partial charge in [-0.05, 0) is 0 Å². The van der Waals surface area contributed by atoms with Crippen molar-refractivity contribution in [2.75, 3.05) is 0 Å². The Balaban J connectivity index is 0. The van der Waals surface area contributed by atoms with Gasteiger partial charge in [-0.2, -0.15) is 0 Å². The monoisotopic (exact) mass is 745 g/mol. The number of carbonyl (C=O) groups excluding carboxylic acids is 2. The van der Waals surface area contributed by atoms with Crippen LogP contribution < -0.4 is 0 Å². The van der Waals surface area contributed by atoms with Crippen LogP contribution in [-0.2, 0) is 72.4 Å². The molecule has 1 unspecified atom stereocenters. The van der Waals surface area contributed by atoms with Crippen molar-refractivity contribution in [3.63, 3.8) is 0 Å². The van der Waals surface area contributed by atoms with Crippen LogP contribution >= 0.6 is 0 Å². The van der Waals surface area contributed by atoms with E-state index >= 15 is 0 Å². The van der Waals surface area contributed by atoms with E-state index < -0.39 is 6.10 Å². The van der Waals surface area contributed by atoms with Gasteiger partial charge in [0.2, 0.25) is 0 Å². The van der Waals surface area contributed by atoms with Gasteiger partial charge in [0.15, 0.2) is 0 Å². The zero-order valence-corrected chi connectivity index (χ0v) is 18.2. The van der Waals surface area contributed by atoms with Crippen LogP contribution in [0.4, 0.5) is 0 Å². The van der Waals surface area contributed by atoms with E-state index in [-0.39, 0.29) is 18.0 Å². The van der Waals surface area contributed by atoms with Gasteiger partial charge in [0.05, 0.1) is 0 Å². The minimum atomic E-state index is -0.588. The van der Waals surface area contributed by atoms with Crippen LogP contribution in [0.1, 0.15) is 13.3 Å². The Morgan fingerprint density at radius 2 is 1.94 bits per heavy atom. The first kappa shape index (κ1) is 19.8. The quantitative estimate of drug-likeness (QED) is 0.266. The van der Waals surface area contributed by atoms with E-state index in [0.717, 1.165) is 38.7 Å². The number of hydrogen-bond acceptors (Lipinski definition) is 3. The Morgan fingerprint density at radius 3 is 2.29 bits per heavy atom. The Kier molecular flexibility index (Phi) is 15.0. The van der Waals surface area contributed by atoms with Crippen molar-refractivity contribution in [2.45, 2.75) is 19.4 Å². The number of carbonyl (C=O) groups is 2. The van der Waals surface area contributed by atoms with Crippen LogP contribution in [0.25, 0.3) is 0 Å². The summed E-state index contributed by atoms with van der Waals surface area (Å²) < 4.78 is 8.30. The minimum absolute atomic E-state index is 0.0170.